The maximum absolute atomic E-state index is 13.2. The van der Waals surface area contributed by atoms with Crippen LogP contribution >= 0.6 is 0 Å². The molecule has 182 valence electrons. The van der Waals surface area contributed by atoms with Gasteiger partial charge < -0.3 is 26.2 Å². The smallest absolute Gasteiger partial charge is 0.322 e. The molecule has 4 rings (SSSR count). The number of amides is 3. The first-order valence-electron chi connectivity index (χ1n) is 12.0. The number of rotatable bonds is 8. The first kappa shape index (κ1) is 24.3. The first-order chi connectivity index (χ1) is 16.9. The molecule has 0 saturated heterocycles. The zero-order valence-electron chi connectivity index (χ0n) is 20.4. The van der Waals surface area contributed by atoms with Gasteiger partial charge in [-0.05, 0) is 86.4 Å². The fourth-order valence-electron chi connectivity index (χ4n) is 4.21. The molecule has 4 N–H and O–H groups in total. The number of aryl methyl sites for hydroxylation is 2. The topological polar surface area (TPSA) is 90.7 Å². The molecule has 7 heteroatoms. The van der Waals surface area contributed by atoms with E-state index in [1.165, 1.54) is 17.5 Å². The number of hydrogen-bond acceptors (Lipinski definition) is 4. The van der Waals surface area contributed by atoms with Gasteiger partial charge in [0, 0.05) is 30.9 Å². The number of likely N-dealkylation sites (N-methyl/N-ethyl adjacent to an activating group) is 1. The van der Waals surface area contributed by atoms with Crippen LogP contribution in [0.4, 0.5) is 21.9 Å². The highest BCUT2D eigenvalue weighted by Gasteiger charge is 2.17. The summed E-state index contributed by atoms with van der Waals surface area (Å²) in [6, 6.07) is 20.5. The molecule has 3 amide bonds. The van der Waals surface area contributed by atoms with Crippen molar-refractivity contribution in [2.45, 2.75) is 25.8 Å². The number of carbonyl (C=O) groups excluding carboxylic acids is 2. The zero-order valence-corrected chi connectivity index (χ0v) is 20.4. The van der Waals surface area contributed by atoms with Crippen LogP contribution < -0.4 is 16.4 Å². The van der Waals surface area contributed by atoms with E-state index in [-0.39, 0.29) is 11.9 Å². The predicted molar refractivity (Wildman–Crippen MR) is 142 cm³/mol. The number of anilines is 3. The quantitative estimate of drug-likeness (QED) is 0.419. The van der Waals surface area contributed by atoms with Gasteiger partial charge >= 0.3 is 6.03 Å². The molecule has 0 radical (unpaired) electrons. The first-order valence-corrected chi connectivity index (χ1v) is 12.0. The maximum atomic E-state index is 13.2. The monoisotopic (exact) mass is 471 g/mol. The maximum Gasteiger partial charge on any atom is 0.322 e. The molecular weight excluding hydrogens is 438 g/mol. The van der Waals surface area contributed by atoms with Crippen LogP contribution in [0.25, 0.3) is 0 Å². The fourth-order valence-corrected chi connectivity index (χ4v) is 4.21. The summed E-state index contributed by atoms with van der Waals surface area (Å²) in [5.74, 6) is -0.228. The van der Waals surface area contributed by atoms with Crippen LogP contribution in [0, 0.1) is 0 Å². The number of nitrogens with two attached hydrogens (primary N) is 1. The van der Waals surface area contributed by atoms with E-state index in [2.05, 4.69) is 27.7 Å². The molecule has 0 spiro atoms. The van der Waals surface area contributed by atoms with Crippen LogP contribution in [-0.4, -0.2) is 48.9 Å². The summed E-state index contributed by atoms with van der Waals surface area (Å²) in [7, 11) is 3.98. The van der Waals surface area contributed by atoms with Crippen molar-refractivity contribution in [2.24, 2.45) is 0 Å². The Balaban J connectivity index is 1.42. The van der Waals surface area contributed by atoms with Gasteiger partial charge in [-0.15, -0.1) is 0 Å². The molecule has 0 aliphatic heterocycles. The Hall–Kier alpha value is -3.84. The van der Waals surface area contributed by atoms with Gasteiger partial charge in [-0.25, -0.2) is 4.79 Å². The van der Waals surface area contributed by atoms with Crippen molar-refractivity contribution in [3.8, 4) is 0 Å². The molecule has 0 aromatic heterocycles. The molecule has 35 heavy (non-hydrogen) atoms. The van der Waals surface area contributed by atoms with Gasteiger partial charge in [0.15, 0.2) is 0 Å². The van der Waals surface area contributed by atoms with Crippen molar-refractivity contribution in [1.29, 1.82) is 0 Å². The summed E-state index contributed by atoms with van der Waals surface area (Å²) >= 11 is 0. The second-order valence-corrected chi connectivity index (χ2v) is 9.23. The van der Waals surface area contributed by atoms with Crippen LogP contribution in [0.3, 0.4) is 0 Å². The SMILES string of the molecule is CN(C)CCN(Cc1ccc(C(=O)Nc2ccccc2N)cc1)C(=O)Nc1ccc2c(c1)CCC2. The van der Waals surface area contributed by atoms with E-state index in [9.17, 15) is 9.59 Å². The Bertz CT molecular complexity index is 1190. The molecule has 3 aromatic carbocycles. The summed E-state index contributed by atoms with van der Waals surface area (Å²) in [4.78, 5) is 29.6. The minimum atomic E-state index is -0.228. The van der Waals surface area contributed by atoms with E-state index in [1.807, 2.05) is 44.4 Å². The Labute approximate surface area is 206 Å². The molecular formula is C28H33N5O2. The highest BCUT2D eigenvalue weighted by Crippen LogP contribution is 2.25. The molecule has 0 atom stereocenters. The van der Waals surface area contributed by atoms with Gasteiger partial charge in [0.1, 0.15) is 0 Å². The highest BCUT2D eigenvalue weighted by atomic mass is 16.2. The number of fused-ring (bicyclic) bond motifs is 1. The zero-order chi connectivity index (χ0) is 24.8. The molecule has 1 aliphatic rings. The van der Waals surface area contributed by atoms with Crippen molar-refractivity contribution < 1.29 is 9.59 Å². The number of urea groups is 1. The second-order valence-electron chi connectivity index (χ2n) is 9.23. The largest absolute Gasteiger partial charge is 0.397 e. The number of benzene rings is 3. The predicted octanol–water partition coefficient (Wildman–Crippen LogP) is 4.61. The number of nitrogens with zero attached hydrogens (tertiary/aromatic N) is 2. The summed E-state index contributed by atoms with van der Waals surface area (Å²) in [5, 5.41) is 5.91. The van der Waals surface area contributed by atoms with Crippen LogP contribution in [0.1, 0.15) is 33.5 Å². The van der Waals surface area contributed by atoms with Crippen LogP contribution in [-0.2, 0) is 19.4 Å². The Morgan fingerprint density at radius 3 is 2.37 bits per heavy atom. The lowest BCUT2D eigenvalue weighted by atomic mass is 10.1. The summed E-state index contributed by atoms with van der Waals surface area (Å²) in [5.41, 5.74) is 12.0. The Morgan fingerprint density at radius 1 is 0.886 bits per heavy atom. The minimum absolute atomic E-state index is 0.133. The van der Waals surface area contributed by atoms with Crippen molar-refractivity contribution in [3.05, 3.63) is 89.0 Å². The van der Waals surface area contributed by atoms with Crippen LogP contribution in [0.5, 0.6) is 0 Å². The summed E-state index contributed by atoms with van der Waals surface area (Å²) in [6.07, 6.45) is 3.36. The van der Waals surface area contributed by atoms with E-state index < -0.39 is 0 Å². The Kier molecular flexibility index (Phi) is 7.67. The molecule has 7 nitrogen and oxygen atoms in total. The summed E-state index contributed by atoms with van der Waals surface area (Å²) in [6.45, 7) is 1.77. The lowest BCUT2D eigenvalue weighted by Crippen LogP contribution is -2.39. The van der Waals surface area contributed by atoms with E-state index in [1.54, 1.807) is 29.2 Å². The van der Waals surface area contributed by atoms with Gasteiger partial charge in [0.2, 0.25) is 0 Å². The highest BCUT2D eigenvalue weighted by molar-refractivity contribution is 6.05. The lowest BCUT2D eigenvalue weighted by molar-refractivity contribution is 0.102. The van der Waals surface area contributed by atoms with Crippen molar-refractivity contribution in [2.75, 3.05) is 43.6 Å². The third kappa shape index (κ3) is 6.39. The third-order valence-electron chi connectivity index (χ3n) is 6.25. The number of nitrogens with one attached hydrogen (secondary N) is 2. The second kappa shape index (κ2) is 11.1. The summed E-state index contributed by atoms with van der Waals surface area (Å²) < 4.78 is 0. The third-order valence-corrected chi connectivity index (χ3v) is 6.25. The van der Waals surface area contributed by atoms with Gasteiger partial charge in [0.05, 0.1) is 11.4 Å². The minimum Gasteiger partial charge on any atom is -0.397 e. The standard InChI is InChI=1S/C28H33N5O2/c1-32(2)16-17-33(28(35)30-24-15-14-21-6-5-7-23(21)18-24)19-20-10-12-22(13-11-20)27(34)31-26-9-4-3-8-25(26)29/h3-4,8-15,18H,5-7,16-17,19,29H2,1-2H3,(H,30,35)(H,31,34). The molecule has 0 saturated carbocycles. The van der Waals surface area contributed by atoms with Gasteiger partial charge in [0.25, 0.3) is 5.91 Å². The van der Waals surface area contributed by atoms with E-state index in [4.69, 9.17) is 5.73 Å². The van der Waals surface area contributed by atoms with Gasteiger partial charge in [-0.1, -0.05) is 30.3 Å². The fraction of sp³-hybridized carbons (Fsp3) is 0.286. The van der Waals surface area contributed by atoms with Crippen molar-refractivity contribution in [1.82, 2.24) is 9.80 Å². The van der Waals surface area contributed by atoms with Crippen molar-refractivity contribution in [3.63, 3.8) is 0 Å². The number of nitrogen functional groups attached to an aromatic ring is 1. The van der Waals surface area contributed by atoms with Gasteiger partial charge in [-0.2, -0.15) is 0 Å². The van der Waals surface area contributed by atoms with Crippen LogP contribution in [0.2, 0.25) is 0 Å². The average molecular weight is 472 g/mol. The Morgan fingerprint density at radius 2 is 1.63 bits per heavy atom. The van der Waals surface area contributed by atoms with E-state index in [0.29, 0.717) is 30.0 Å². The van der Waals surface area contributed by atoms with Crippen molar-refractivity contribution >= 4 is 29.0 Å². The number of para-hydroxylation sites is 2. The van der Waals surface area contributed by atoms with Gasteiger partial charge in [-0.3, -0.25) is 4.79 Å². The molecule has 0 heterocycles. The number of hydrogen-bond donors (Lipinski definition) is 3. The molecule has 3 aromatic rings. The average Bonchev–Trinajstić information content (AvgIpc) is 3.31. The van der Waals surface area contributed by atoms with E-state index in [0.717, 1.165) is 30.6 Å². The molecule has 1 aliphatic carbocycles. The molecule has 0 bridgehead atoms. The normalized spacial score (nSPS) is 12.3. The molecule has 0 unspecified atom stereocenters. The van der Waals surface area contributed by atoms with E-state index >= 15 is 0 Å². The molecule has 0 fully saturated rings. The number of carbonyl (C=O) groups is 2. The van der Waals surface area contributed by atoms with Crippen LogP contribution in [0.15, 0.2) is 66.7 Å². The lowest BCUT2D eigenvalue weighted by Gasteiger charge is -2.25.